The first kappa shape index (κ1) is 9.90. The normalized spacial score (nSPS) is 47.1. The molecule has 1 aromatic carbocycles. The van der Waals surface area contributed by atoms with Gasteiger partial charge in [0.15, 0.2) is 0 Å². The van der Waals surface area contributed by atoms with Crippen molar-refractivity contribution in [2.45, 2.75) is 21.5 Å². The van der Waals surface area contributed by atoms with E-state index in [0.29, 0.717) is 21.5 Å². The minimum absolute atomic E-state index is 0.642. The Kier molecular flexibility index (Phi) is 2.00. The van der Waals surface area contributed by atoms with Crippen molar-refractivity contribution in [3.05, 3.63) is 47.5 Å². The Morgan fingerprint density at radius 3 is 1.62 bits per heavy atom. The Balaban J connectivity index is 1.90. The van der Waals surface area contributed by atoms with Gasteiger partial charge in [-0.05, 0) is 23.0 Å². The number of halogens is 2. The molecule has 16 heavy (non-hydrogen) atoms. The van der Waals surface area contributed by atoms with Crippen LogP contribution in [0.1, 0.15) is 23.0 Å². The zero-order chi connectivity index (χ0) is 10.9. The Bertz CT molecular complexity index is 436. The Morgan fingerprint density at radius 1 is 0.750 bits per heavy atom. The molecule has 82 valence electrons. The van der Waals surface area contributed by atoms with Crippen LogP contribution in [-0.2, 0) is 0 Å². The van der Waals surface area contributed by atoms with Crippen LogP contribution in [-0.4, -0.2) is 9.65 Å². The first-order valence-electron chi connectivity index (χ1n) is 5.84. The van der Waals surface area contributed by atoms with Gasteiger partial charge in [0, 0.05) is 21.5 Å². The summed E-state index contributed by atoms with van der Waals surface area (Å²) >= 11 is 7.68. The molecule has 1 saturated carbocycles. The van der Waals surface area contributed by atoms with E-state index in [1.165, 1.54) is 0 Å². The summed E-state index contributed by atoms with van der Waals surface area (Å²) in [6.45, 7) is 0. The van der Waals surface area contributed by atoms with Crippen LogP contribution in [0.3, 0.4) is 0 Å². The average Bonchev–Trinajstić information content (AvgIpc) is 2.37. The van der Waals surface area contributed by atoms with E-state index in [0.717, 1.165) is 11.8 Å². The third-order valence-electron chi connectivity index (χ3n) is 4.55. The zero-order valence-corrected chi connectivity index (χ0v) is 11.9. The van der Waals surface area contributed by atoms with Gasteiger partial charge in [0.25, 0.3) is 0 Å². The van der Waals surface area contributed by atoms with Crippen molar-refractivity contribution in [1.29, 1.82) is 0 Å². The van der Waals surface area contributed by atoms with Gasteiger partial charge >= 0.3 is 0 Å². The summed E-state index contributed by atoms with van der Waals surface area (Å²) in [6, 6.07) is 8.98. The highest BCUT2D eigenvalue weighted by molar-refractivity contribution is 9.12. The monoisotopic (exact) mass is 338 g/mol. The highest BCUT2D eigenvalue weighted by Crippen LogP contribution is 2.63. The number of alkyl halides is 2. The van der Waals surface area contributed by atoms with Crippen LogP contribution in [0.2, 0.25) is 0 Å². The third kappa shape index (κ3) is 1.01. The van der Waals surface area contributed by atoms with Gasteiger partial charge in [-0.15, -0.1) is 0 Å². The molecule has 4 aliphatic rings. The van der Waals surface area contributed by atoms with Crippen molar-refractivity contribution in [1.82, 2.24) is 0 Å². The van der Waals surface area contributed by atoms with E-state index in [1.54, 1.807) is 11.1 Å². The predicted octanol–water partition coefficient (Wildman–Crippen LogP) is 4.21. The van der Waals surface area contributed by atoms with Crippen molar-refractivity contribution in [2.24, 2.45) is 11.8 Å². The minimum atomic E-state index is 0.642. The fourth-order valence-corrected chi connectivity index (χ4v) is 5.88. The van der Waals surface area contributed by atoms with Gasteiger partial charge in [0.1, 0.15) is 0 Å². The number of rotatable bonds is 0. The lowest BCUT2D eigenvalue weighted by Gasteiger charge is -2.58. The molecular formula is C14H12Br2. The molecule has 0 radical (unpaired) electrons. The molecule has 5 rings (SSSR count). The molecule has 0 saturated heterocycles. The summed E-state index contributed by atoms with van der Waals surface area (Å²) in [5.74, 6) is 2.89. The maximum Gasteiger partial charge on any atom is 0.0314 e. The van der Waals surface area contributed by atoms with Gasteiger partial charge in [-0.1, -0.05) is 68.3 Å². The number of hydrogen-bond acceptors (Lipinski definition) is 0. The van der Waals surface area contributed by atoms with Crippen LogP contribution in [0.5, 0.6) is 0 Å². The van der Waals surface area contributed by atoms with Gasteiger partial charge in [0.05, 0.1) is 0 Å². The fourth-order valence-electron chi connectivity index (χ4n) is 3.81. The molecule has 2 heteroatoms. The molecule has 0 aromatic heterocycles. The number of allylic oxidation sites excluding steroid dienone is 2. The van der Waals surface area contributed by atoms with E-state index in [9.17, 15) is 0 Å². The van der Waals surface area contributed by atoms with E-state index in [4.69, 9.17) is 0 Å². The molecule has 0 amide bonds. The maximum absolute atomic E-state index is 3.84. The molecule has 0 unspecified atom stereocenters. The van der Waals surface area contributed by atoms with Crippen LogP contribution in [0, 0.1) is 11.8 Å². The molecule has 1 aromatic rings. The van der Waals surface area contributed by atoms with Gasteiger partial charge in [-0.2, -0.15) is 0 Å². The highest BCUT2D eigenvalue weighted by atomic mass is 79.9. The lowest BCUT2D eigenvalue weighted by Crippen LogP contribution is -2.57. The van der Waals surface area contributed by atoms with Crippen molar-refractivity contribution in [3.63, 3.8) is 0 Å². The van der Waals surface area contributed by atoms with Crippen LogP contribution in [0.4, 0.5) is 0 Å². The minimum Gasteiger partial charge on any atom is -0.0875 e. The van der Waals surface area contributed by atoms with Gasteiger partial charge in [-0.25, -0.2) is 0 Å². The quantitative estimate of drug-likeness (QED) is 0.490. The number of benzene rings is 1. The first-order chi connectivity index (χ1) is 7.79. The SMILES string of the molecule is Br[C@@H]1[C@@H](Br)[C@H]2[C@@H]1[C@H]1C=C[C@@H]2c2ccccc21. The van der Waals surface area contributed by atoms with Crippen molar-refractivity contribution >= 4 is 31.9 Å². The van der Waals surface area contributed by atoms with Gasteiger partial charge in [0.2, 0.25) is 0 Å². The average molecular weight is 340 g/mol. The Morgan fingerprint density at radius 2 is 1.19 bits per heavy atom. The van der Waals surface area contributed by atoms with E-state index in [2.05, 4.69) is 68.3 Å². The molecule has 0 N–H and O–H groups in total. The summed E-state index contributed by atoms with van der Waals surface area (Å²) < 4.78 is 0. The topological polar surface area (TPSA) is 0 Å². The van der Waals surface area contributed by atoms with Crippen LogP contribution in [0.15, 0.2) is 36.4 Å². The molecule has 0 heterocycles. The van der Waals surface area contributed by atoms with Crippen LogP contribution < -0.4 is 0 Å². The second-order valence-corrected chi connectivity index (χ2v) is 7.22. The summed E-state index contributed by atoms with van der Waals surface area (Å²) in [5, 5.41) is 0. The second kappa shape index (κ2) is 3.23. The van der Waals surface area contributed by atoms with Crippen molar-refractivity contribution in [3.8, 4) is 0 Å². The molecular weight excluding hydrogens is 328 g/mol. The molecule has 1 fully saturated rings. The molecule has 0 spiro atoms. The van der Waals surface area contributed by atoms with Crippen LogP contribution in [0.25, 0.3) is 0 Å². The number of hydrogen-bond donors (Lipinski definition) is 0. The van der Waals surface area contributed by atoms with Gasteiger partial charge < -0.3 is 0 Å². The molecule has 4 aliphatic carbocycles. The summed E-state index contributed by atoms with van der Waals surface area (Å²) in [4.78, 5) is 1.28. The Hall–Kier alpha value is -0.0800. The van der Waals surface area contributed by atoms with E-state index in [1.807, 2.05) is 0 Å². The summed E-state index contributed by atoms with van der Waals surface area (Å²) in [5.41, 5.74) is 3.14. The summed E-state index contributed by atoms with van der Waals surface area (Å²) in [6.07, 6.45) is 4.86. The third-order valence-corrected chi connectivity index (χ3v) is 7.62. The first-order valence-corrected chi connectivity index (χ1v) is 7.67. The van der Waals surface area contributed by atoms with Crippen molar-refractivity contribution in [2.75, 3.05) is 0 Å². The lowest BCUT2D eigenvalue weighted by molar-refractivity contribution is 0.144. The molecule has 2 bridgehead atoms. The van der Waals surface area contributed by atoms with Crippen LogP contribution >= 0.6 is 31.9 Å². The Labute approximate surface area is 112 Å². The zero-order valence-electron chi connectivity index (χ0n) is 8.68. The van der Waals surface area contributed by atoms with Gasteiger partial charge in [-0.3, -0.25) is 0 Å². The highest BCUT2D eigenvalue weighted by Gasteiger charge is 2.58. The summed E-state index contributed by atoms with van der Waals surface area (Å²) in [7, 11) is 0. The largest absolute Gasteiger partial charge is 0.0875 e. The van der Waals surface area contributed by atoms with E-state index in [-0.39, 0.29) is 0 Å². The maximum atomic E-state index is 3.84. The van der Waals surface area contributed by atoms with E-state index >= 15 is 0 Å². The standard InChI is InChI=1S/C14H12Br2/c15-13-11-9-5-6-10(12(11)14(13)16)8-4-2-1-3-7(8)9/h1-6,9-14H/t9-,10+,11-,12+,13-,14-/m0/s1. The smallest absolute Gasteiger partial charge is 0.0314 e. The molecule has 0 nitrogen and oxygen atoms in total. The van der Waals surface area contributed by atoms with Crippen molar-refractivity contribution < 1.29 is 0 Å². The lowest BCUT2D eigenvalue weighted by atomic mass is 9.51. The molecule has 6 atom stereocenters. The van der Waals surface area contributed by atoms with E-state index < -0.39 is 0 Å². The molecule has 0 aliphatic heterocycles. The predicted molar refractivity (Wildman–Crippen MR) is 73.5 cm³/mol. The second-order valence-electron chi connectivity index (χ2n) is 5.11. The fraction of sp³-hybridized carbons (Fsp3) is 0.429.